The van der Waals surface area contributed by atoms with Crippen molar-refractivity contribution in [2.24, 2.45) is 0 Å². The Morgan fingerprint density at radius 3 is 2.39 bits per heavy atom. The van der Waals surface area contributed by atoms with Crippen molar-refractivity contribution >= 4 is 64.6 Å². The molecule has 1 unspecified atom stereocenters. The van der Waals surface area contributed by atoms with Gasteiger partial charge < -0.3 is 5.32 Å². The summed E-state index contributed by atoms with van der Waals surface area (Å²) in [7, 11) is 0. The third kappa shape index (κ3) is 3.64. The molecule has 5 nitrogen and oxygen atoms in total. The molecule has 1 aliphatic rings. The van der Waals surface area contributed by atoms with Crippen LogP contribution in [0.3, 0.4) is 0 Å². The van der Waals surface area contributed by atoms with Crippen molar-refractivity contribution < 1.29 is 14.4 Å². The van der Waals surface area contributed by atoms with Gasteiger partial charge in [-0.15, -0.1) is 0 Å². The Kier molecular flexibility index (Phi) is 5.59. The van der Waals surface area contributed by atoms with Gasteiger partial charge in [-0.1, -0.05) is 29.8 Å². The van der Waals surface area contributed by atoms with Gasteiger partial charge in [0.25, 0.3) is 5.91 Å². The first-order valence-electron chi connectivity index (χ1n) is 6.57. The van der Waals surface area contributed by atoms with E-state index in [1.165, 1.54) is 0 Å². The molecule has 2 aromatic carbocycles. The molecule has 1 heterocycles. The average molecular weight is 339 g/mol. The summed E-state index contributed by atoms with van der Waals surface area (Å²) in [6.07, 6.45) is 0. The molecule has 0 saturated carbocycles. The minimum atomic E-state index is -1.07. The first-order chi connectivity index (χ1) is 10.6. The van der Waals surface area contributed by atoms with Gasteiger partial charge in [-0.2, -0.15) is 0 Å². The summed E-state index contributed by atoms with van der Waals surface area (Å²) in [5.74, 6) is -2.68. The molecular formula is C16H12ClN2NaO3. The molecule has 2 N–H and O–H groups in total. The summed E-state index contributed by atoms with van der Waals surface area (Å²) in [5.41, 5.74) is 1.26. The van der Waals surface area contributed by atoms with E-state index < -0.39 is 23.6 Å². The maximum atomic E-state index is 12.4. The fourth-order valence-corrected chi connectivity index (χ4v) is 2.48. The number of hydrogen-bond donors (Lipinski definition) is 2. The monoisotopic (exact) mass is 338 g/mol. The molecule has 7 heteroatoms. The molecule has 1 atom stereocenters. The van der Waals surface area contributed by atoms with Gasteiger partial charge in [0, 0.05) is 16.3 Å². The summed E-state index contributed by atoms with van der Waals surface area (Å²) in [6, 6.07) is 13.1. The van der Waals surface area contributed by atoms with Crippen LogP contribution in [0.25, 0.3) is 0 Å². The first-order valence-corrected chi connectivity index (χ1v) is 6.94. The zero-order valence-corrected chi connectivity index (χ0v) is 12.1. The first kappa shape index (κ1) is 17.7. The van der Waals surface area contributed by atoms with Crippen molar-refractivity contribution in [2.75, 3.05) is 5.32 Å². The minimum absolute atomic E-state index is 0. The van der Waals surface area contributed by atoms with Crippen LogP contribution in [-0.2, 0) is 9.59 Å². The Morgan fingerprint density at radius 1 is 1.04 bits per heavy atom. The van der Waals surface area contributed by atoms with Gasteiger partial charge in [0.1, 0.15) is 5.92 Å². The van der Waals surface area contributed by atoms with Gasteiger partial charge in [0.15, 0.2) is 0 Å². The van der Waals surface area contributed by atoms with Crippen molar-refractivity contribution in [3.8, 4) is 0 Å². The van der Waals surface area contributed by atoms with Crippen molar-refractivity contribution in [1.82, 2.24) is 5.32 Å². The topological polar surface area (TPSA) is 75.3 Å². The molecule has 0 aromatic heterocycles. The number of amides is 3. The van der Waals surface area contributed by atoms with Gasteiger partial charge >= 0.3 is 29.6 Å². The number of rotatable bonds is 2. The molecule has 23 heavy (non-hydrogen) atoms. The average Bonchev–Trinajstić information content (AvgIpc) is 2.49. The Bertz CT molecular complexity index is 777. The van der Waals surface area contributed by atoms with E-state index >= 15 is 0 Å². The quantitative estimate of drug-likeness (QED) is 0.497. The van der Waals surface area contributed by atoms with Crippen molar-refractivity contribution in [3.63, 3.8) is 0 Å². The second kappa shape index (κ2) is 7.27. The van der Waals surface area contributed by atoms with Crippen LogP contribution in [-0.4, -0.2) is 47.3 Å². The number of carbonyl (C=O) groups is 3. The van der Waals surface area contributed by atoms with Gasteiger partial charge in [0.05, 0.1) is 0 Å². The van der Waals surface area contributed by atoms with Gasteiger partial charge in [-0.25, -0.2) is 0 Å². The number of hydrogen-bond acceptors (Lipinski definition) is 3. The zero-order chi connectivity index (χ0) is 15.7. The fraction of sp³-hybridized carbons (Fsp3) is 0.0625. The zero-order valence-electron chi connectivity index (χ0n) is 11.3. The number of halogens is 1. The SMILES string of the molecule is O=C1NC(=O)C(C(=O)Nc2ccc(Cl)cc2)c2ccccc21.[NaH]. The Hall–Kier alpha value is -1.66. The molecule has 0 aliphatic carbocycles. The van der Waals surface area contributed by atoms with Gasteiger partial charge in [0.2, 0.25) is 11.8 Å². The third-order valence-corrected chi connectivity index (χ3v) is 3.64. The molecule has 3 amide bonds. The Morgan fingerprint density at radius 2 is 1.70 bits per heavy atom. The molecule has 0 spiro atoms. The van der Waals surface area contributed by atoms with Crippen LogP contribution >= 0.6 is 11.6 Å². The third-order valence-electron chi connectivity index (χ3n) is 3.39. The fourth-order valence-electron chi connectivity index (χ4n) is 2.36. The van der Waals surface area contributed by atoms with E-state index in [-0.39, 0.29) is 29.6 Å². The van der Waals surface area contributed by atoms with E-state index in [0.29, 0.717) is 21.8 Å². The van der Waals surface area contributed by atoms with Crippen LogP contribution in [0.5, 0.6) is 0 Å². The van der Waals surface area contributed by atoms with E-state index in [0.717, 1.165) is 0 Å². The second-order valence-corrected chi connectivity index (χ2v) is 5.27. The normalized spacial score (nSPS) is 16.0. The summed E-state index contributed by atoms with van der Waals surface area (Å²) < 4.78 is 0. The van der Waals surface area contributed by atoms with Crippen LogP contribution in [0.1, 0.15) is 21.8 Å². The van der Waals surface area contributed by atoms with Gasteiger partial charge in [-0.3, -0.25) is 19.7 Å². The van der Waals surface area contributed by atoms with Crippen molar-refractivity contribution in [2.45, 2.75) is 5.92 Å². The summed E-state index contributed by atoms with van der Waals surface area (Å²) in [4.78, 5) is 36.2. The van der Waals surface area contributed by atoms with Crippen LogP contribution in [0.4, 0.5) is 5.69 Å². The van der Waals surface area contributed by atoms with E-state index in [1.54, 1.807) is 48.5 Å². The van der Waals surface area contributed by atoms with Gasteiger partial charge in [-0.05, 0) is 35.9 Å². The maximum absolute atomic E-state index is 12.4. The molecule has 2 aromatic rings. The van der Waals surface area contributed by atoms with E-state index in [9.17, 15) is 14.4 Å². The number of nitrogens with one attached hydrogen (secondary N) is 2. The molecule has 3 rings (SSSR count). The molecule has 0 saturated heterocycles. The van der Waals surface area contributed by atoms with Crippen LogP contribution < -0.4 is 10.6 Å². The standard InChI is InChI=1S/C16H11ClN2O3.Na.H/c17-9-5-7-10(8-6-9)18-15(21)13-11-3-1-2-4-12(11)14(20)19-16(13)22;;/h1-8,13H,(H,18,21)(H,19,20,22);;. The number of imide groups is 1. The number of fused-ring (bicyclic) bond motifs is 1. The molecule has 0 radical (unpaired) electrons. The molecular weight excluding hydrogens is 327 g/mol. The van der Waals surface area contributed by atoms with Crippen LogP contribution in [0.15, 0.2) is 48.5 Å². The summed E-state index contributed by atoms with van der Waals surface area (Å²) in [5, 5.41) is 5.40. The summed E-state index contributed by atoms with van der Waals surface area (Å²) in [6.45, 7) is 0. The van der Waals surface area contributed by atoms with Crippen molar-refractivity contribution in [3.05, 3.63) is 64.7 Å². The molecule has 0 bridgehead atoms. The number of benzene rings is 2. The summed E-state index contributed by atoms with van der Waals surface area (Å²) >= 11 is 5.79. The van der Waals surface area contributed by atoms with Crippen molar-refractivity contribution in [1.29, 1.82) is 0 Å². The van der Waals surface area contributed by atoms with Crippen LogP contribution in [0.2, 0.25) is 5.02 Å². The molecule has 0 fully saturated rings. The Balaban J connectivity index is 0.00000192. The number of anilines is 1. The van der Waals surface area contributed by atoms with E-state index in [4.69, 9.17) is 11.6 Å². The predicted molar refractivity (Wildman–Crippen MR) is 88.9 cm³/mol. The molecule has 112 valence electrons. The number of carbonyl (C=O) groups excluding carboxylic acids is 3. The Labute approximate surface area is 159 Å². The van der Waals surface area contributed by atoms with E-state index in [1.807, 2.05) is 0 Å². The van der Waals surface area contributed by atoms with Crippen LogP contribution in [0, 0.1) is 0 Å². The second-order valence-electron chi connectivity index (χ2n) is 4.83. The molecule has 1 aliphatic heterocycles. The predicted octanol–water partition coefficient (Wildman–Crippen LogP) is 1.68. The van der Waals surface area contributed by atoms with E-state index in [2.05, 4.69) is 10.6 Å².